The van der Waals surface area contributed by atoms with Crippen molar-refractivity contribution >= 4 is 43.1 Å². The minimum Gasteiger partial charge on any atom is -0.504 e. The average Bonchev–Trinajstić information content (AvgIpc) is 3.35. The van der Waals surface area contributed by atoms with Crippen molar-refractivity contribution in [2.45, 2.75) is 25.3 Å². The van der Waals surface area contributed by atoms with Crippen LogP contribution in [0.5, 0.6) is 11.5 Å². The molecule has 0 unspecified atom stereocenters. The minimum atomic E-state index is -0.506. The molecule has 0 spiro atoms. The summed E-state index contributed by atoms with van der Waals surface area (Å²) in [6.45, 7) is 1.89. The molecule has 1 saturated heterocycles. The lowest BCUT2D eigenvalue weighted by atomic mass is 10.1. The molecule has 9 heteroatoms. The van der Waals surface area contributed by atoms with Gasteiger partial charge in [0, 0.05) is 19.1 Å². The van der Waals surface area contributed by atoms with Gasteiger partial charge in [-0.1, -0.05) is 11.3 Å². The first kappa shape index (κ1) is 18.5. The number of pyridine rings is 1. The summed E-state index contributed by atoms with van der Waals surface area (Å²) in [5, 5.41) is 10.9. The van der Waals surface area contributed by atoms with Crippen molar-refractivity contribution in [2.24, 2.45) is 11.7 Å². The standard InChI is InChI=1S/C20H23FN4O3S/c1-28-18-14-11(6-12(21)15(18)24-5-4-9(7-22)8-24)16(26)13-17(27)19(23)29-20(13)25(14)10-2-3-10/h6,9-10,27H,2-5,7-8,22-23H2,1H3/t9-/m0/s1. The van der Waals surface area contributed by atoms with E-state index in [-0.39, 0.29) is 27.6 Å². The van der Waals surface area contributed by atoms with E-state index in [2.05, 4.69) is 0 Å². The third kappa shape index (κ3) is 2.60. The number of halogens is 1. The molecule has 1 aliphatic carbocycles. The number of nitrogens with zero attached hydrogens (tertiary/aromatic N) is 2. The van der Waals surface area contributed by atoms with E-state index in [1.54, 1.807) is 0 Å². The molecule has 0 radical (unpaired) electrons. The Morgan fingerprint density at radius 2 is 2.14 bits per heavy atom. The number of thiophene rings is 1. The third-order valence-corrected chi connectivity index (χ3v) is 7.06. The number of nitrogen functional groups attached to an aromatic ring is 1. The number of methoxy groups -OCH3 is 1. The zero-order chi connectivity index (χ0) is 20.4. The predicted molar refractivity (Wildman–Crippen MR) is 114 cm³/mol. The molecule has 3 aromatic rings. The van der Waals surface area contributed by atoms with Crippen LogP contribution in [0, 0.1) is 11.7 Å². The summed E-state index contributed by atoms with van der Waals surface area (Å²) < 4.78 is 23.0. The van der Waals surface area contributed by atoms with Crippen molar-refractivity contribution < 1.29 is 14.2 Å². The number of hydrogen-bond donors (Lipinski definition) is 3. The second-order valence-electron chi connectivity index (χ2n) is 7.90. The van der Waals surface area contributed by atoms with Gasteiger partial charge in [-0.2, -0.15) is 0 Å². The Morgan fingerprint density at radius 3 is 2.76 bits per heavy atom. The van der Waals surface area contributed by atoms with E-state index in [1.165, 1.54) is 24.5 Å². The van der Waals surface area contributed by atoms with Crippen LogP contribution in [0.3, 0.4) is 0 Å². The molecule has 2 fully saturated rings. The van der Waals surface area contributed by atoms with E-state index in [4.69, 9.17) is 16.2 Å². The highest BCUT2D eigenvalue weighted by atomic mass is 32.1. The van der Waals surface area contributed by atoms with Crippen molar-refractivity contribution in [3.63, 3.8) is 0 Å². The number of aromatic nitrogens is 1. The van der Waals surface area contributed by atoms with Gasteiger partial charge >= 0.3 is 0 Å². The Morgan fingerprint density at radius 1 is 1.38 bits per heavy atom. The van der Waals surface area contributed by atoms with Gasteiger partial charge in [-0.15, -0.1) is 0 Å². The minimum absolute atomic E-state index is 0.158. The van der Waals surface area contributed by atoms with Crippen molar-refractivity contribution in [1.29, 1.82) is 0 Å². The van der Waals surface area contributed by atoms with E-state index in [9.17, 15) is 9.90 Å². The van der Waals surface area contributed by atoms with E-state index in [0.29, 0.717) is 47.3 Å². The van der Waals surface area contributed by atoms with E-state index < -0.39 is 11.2 Å². The number of rotatable bonds is 4. The summed E-state index contributed by atoms with van der Waals surface area (Å²) in [4.78, 5) is 15.8. The van der Waals surface area contributed by atoms with Crippen molar-refractivity contribution in [3.8, 4) is 11.5 Å². The topological polar surface area (TPSA) is 107 Å². The van der Waals surface area contributed by atoms with E-state index >= 15 is 4.39 Å². The van der Waals surface area contributed by atoms with Crippen molar-refractivity contribution in [2.75, 3.05) is 37.4 Å². The molecule has 7 nitrogen and oxygen atoms in total. The van der Waals surface area contributed by atoms with Gasteiger partial charge in [0.25, 0.3) is 0 Å². The quantitative estimate of drug-likeness (QED) is 0.602. The molecule has 1 saturated carbocycles. The highest BCUT2D eigenvalue weighted by molar-refractivity contribution is 7.22. The SMILES string of the molecule is COc1c(N2CC[C@@H](CN)C2)c(F)cc2c(=O)c3c(O)c(N)sc3n(C3CC3)c12. The molecule has 3 heterocycles. The Bertz CT molecular complexity index is 1200. The van der Waals surface area contributed by atoms with E-state index in [0.717, 1.165) is 19.3 Å². The van der Waals surface area contributed by atoms with Gasteiger partial charge in [0.15, 0.2) is 17.3 Å². The molecule has 1 atom stereocenters. The molecule has 154 valence electrons. The number of fused-ring (bicyclic) bond motifs is 2. The van der Waals surface area contributed by atoms with Crippen LogP contribution in [0.1, 0.15) is 25.3 Å². The monoisotopic (exact) mass is 418 g/mol. The molecule has 2 aromatic heterocycles. The maximum Gasteiger partial charge on any atom is 0.202 e. The number of benzene rings is 1. The Labute approximate surface area is 170 Å². The Balaban J connectivity index is 1.89. The summed E-state index contributed by atoms with van der Waals surface area (Å²) in [5.41, 5.74) is 12.3. The van der Waals surface area contributed by atoms with Gasteiger partial charge in [0.2, 0.25) is 5.43 Å². The molecule has 5 rings (SSSR count). The second kappa shape index (κ2) is 6.50. The van der Waals surface area contributed by atoms with Crippen LogP contribution in [0.2, 0.25) is 0 Å². The summed E-state index contributed by atoms with van der Waals surface area (Å²) >= 11 is 1.18. The first-order chi connectivity index (χ1) is 14.0. The van der Waals surface area contributed by atoms with Gasteiger partial charge in [-0.3, -0.25) is 4.79 Å². The van der Waals surface area contributed by atoms with Crippen LogP contribution >= 0.6 is 11.3 Å². The molecule has 1 aliphatic heterocycles. The summed E-state index contributed by atoms with van der Waals surface area (Å²) in [6, 6.07) is 1.44. The number of aromatic hydroxyl groups is 1. The smallest absolute Gasteiger partial charge is 0.202 e. The van der Waals surface area contributed by atoms with Crippen LogP contribution in [0.15, 0.2) is 10.9 Å². The Hall–Kier alpha value is -2.52. The second-order valence-corrected chi connectivity index (χ2v) is 8.93. The summed E-state index contributed by atoms with van der Waals surface area (Å²) in [5.74, 6) is -0.0689. The molecule has 29 heavy (non-hydrogen) atoms. The van der Waals surface area contributed by atoms with Crippen LogP contribution in [0.25, 0.3) is 21.1 Å². The number of nitrogens with two attached hydrogens (primary N) is 2. The molecule has 2 aliphatic rings. The normalized spacial score (nSPS) is 19.6. The van der Waals surface area contributed by atoms with Gasteiger partial charge < -0.3 is 30.8 Å². The zero-order valence-electron chi connectivity index (χ0n) is 16.1. The Kier molecular flexibility index (Phi) is 4.15. The van der Waals surface area contributed by atoms with Gasteiger partial charge in [-0.25, -0.2) is 4.39 Å². The predicted octanol–water partition coefficient (Wildman–Crippen LogP) is 2.77. The summed E-state index contributed by atoms with van der Waals surface area (Å²) in [6.07, 6.45) is 2.78. The number of ether oxygens (including phenoxy) is 1. The van der Waals surface area contributed by atoms with Crippen molar-refractivity contribution in [1.82, 2.24) is 4.57 Å². The zero-order valence-corrected chi connectivity index (χ0v) is 16.9. The average molecular weight is 418 g/mol. The highest BCUT2D eigenvalue weighted by Crippen LogP contribution is 2.49. The summed E-state index contributed by atoms with van der Waals surface area (Å²) in [7, 11) is 1.50. The van der Waals surface area contributed by atoms with Crippen molar-refractivity contribution in [3.05, 3.63) is 22.1 Å². The third-order valence-electron chi connectivity index (χ3n) is 6.06. The first-order valence-corrected chi connectivity index (χ1v) is 10.6. The molecular formula is C20H23FN4O3S. The van der Waals surface area contributed by atoms with Gasteiger partial charge in [0.1, 0.15) is 20.9 Å². The number of hydrogen-bond acceptors (Lipinski definition) is 7. The fraction of sp³-hybridized carbons (Fsp3) is 0.450. The van der Waals surface area contributed by atoms with E-state index in [1.807, 2.05) is 9.47 Å². The lowest BCUT2D eigenvalue weighted by Gasteiger charge is -2.24. The lowest BCUT2D eigenvalue weighted by Crippen LogP contribution is -2.24. The first-order valence-electron chi connectivity index (χ1n) is 9.76. The molecule has 0 amide bonds. The fourth-order valence-corrected chi connectivity index (χ4v) is 5.49. The maximum absolute atomic E-state index is 15.3. The lowest BCUT2D eigenvalue weighted by molar-refractivity contribution is 0.414. The molecule has 0 bridgehead atoms. The number of anilines is 2. The highest BCUT2D eigenvalue weighted by Gasteiger charge is 2.34. The molecule has 5 N–H and O–H groups in total. The maximum atomic E-state index is 15.3. The van der Waals surface area contributed by atoms with Crippen LogP contribution in [-0.2, 0) is 0 Å². The molecule has 1 aromatic carbocycles. The van der Waals surface area contributed by atoms with Crippen LogP contribution in [0.4, 0.5) is 15.1 Å². The fourth-order valence-electron chi connectivity index (χ4n) is 4.45. The molecular weight excluding hydrogens is 395 g/mol. The van der Waals surface area contributed by atoms with Crippen LogP contribution in [-0.4, -0.2) is 36.4 Å². The van der Waals surface area contributed by atoms with Gasteiger partial charge in [0.05, 0.1) is 18.0 Å². The van der Waals surface area contributed by atoms with Crippen LogP contribution < -0.4 is 26.5 Å². The largest absolute Gasteiger partial charge is 0.504 e. The van der Waals surface area contributed by atoms with Gasteiger partial charge in [-0.05, 0) is 37.8 Å².